The van der Waals surface area contributed by atoms with Crippen LogP contribution in [0.5, 0.6) is 0 Å². The van der Waals surface area contributed by atoms with E-state index < -0.39 is 0 Å². The van der Waals surface area contributed by atoms with Crippen LogP contribution in [0.3, 0.4) is 0 Å². The zero-order valence-electron chi connectivity index (χ0n) is 103. The summed E-state index contributed by atoms with van der Waals surface area (Å²) < 4.78 is 12.9. The van der Waals surface area contributed by atoms with Crippen molar-refractivity contribution < 1.29 is 58.3 Å². The Bertz CT molecular complexity index is 4430. The molecular formula is C133H234N13+13. The molecule has 0 heterocycles. The Labute approximate surface area is 911 Å². The van der Waals surface area contributed by atoms with Gasteiger partial charge < -0.3 is 53.8 Å². The van der Waals surface area contributed by atoms with Gasteiger partial charge in [0.2, 0.25) is 0 Å². The Morgan fingerprint density at radius 3 is 0.726 bits per heavy atom. The Hall–Kier alpha value is -9.16. The van der Waals surface area contributed by atoms with E-state index in [0.717, 1.165) is 134 Å². The lowest BCUT2D eigenvalue weighted by Crippen LogP contribution is -2.45. The number of hydrogen-bond donors (Lipinski definition) is 0. The molecule has 0 aliphatic rings. The first-order valence-corrected chi connectivity index (χ1v) is 55.1. The minimum absolute atomic E-state index is 0.561. The molecule has 0 aliphatic carbocycles. The van der Waals surface area contributed by atoms with Crippen LogP contribution in [-0.2, 0) is 32.6 Å². The fourth-order valence-corrected chi connectivity index (χ4v) is 14.6. The van der Waals surface area contributed by atoms with Gasteiger partial charge in [-0.05, 0) is 153 Å². The number of benzene rings is 6. The minimum Gasteiger partial charge on any atom is -0.331 e. The highest BCUT2D eigenvalue weighted by Crippen LogP contribution is 2.22. The van der Waals surface area contributed by atoms with Crippen molar-refractivity contribution in [1.29, 1.82) is 0 Å². The Kier molecular flexibility index (Phi) is 88.9. The summed E-state index contributed by atoms with van der Waals surface area (Å²) in [5.74, 6) is 30.9. The normalized spacial score (nSPS) is 11.3. The van der Waals surface area contributed by atoms with E-state index in [1.807, 2.05) is 7.05 Å². The molecule has 0 amide bonds. The summed E-state index contributed by atoms with van der Waals surface area (Å²) in [6.07, 6.45) is 49.7. The van der Waals surface area contributed by atoms with Gasteiger partial charge in [0.15, 0.2) is 0 Å². The predicted molar refractivity (Wildman–Crippen MR) is 652 cm³/mol. The third-order valence-electron chi connectivity index (χ3n) is 25.7. The molecule has 13 nitrogen and oxygen atoms in total. The summed E-state index contributed by atoms with van der Waals surface area (Å²) in [5, 5.41) is 0. The van der Waals surface area contributed by atoms with Crippen molar-refractivity contribution in [2.45, 2.75) is 214 Å². The maximum Gasteiger partial charge on any atom is 0.141 e. The van der Waals surface area contributed by atoms with Gasteiger partial charge >= 0.3 is 0 Å². The van der Waals surface area contributed by atoms with E-state index in [1.54, 1.807) is 0 Å². The number of nitrogens with zero attached hydrogens (tertiary/aromatic N) is 13. The number of likely N-dealkylation sites (N-methyl/N-ethyl adjacent to an activating group) is 1. The summed E-state index contributed by atoms with van der Waals surface area (Å²) in [4.78, 5) is 0. The molecule has 6 aromatic carbocycles. The summed E-state index contributed by atoms with van der Waals surface area (Å²) in [6, 6.07) is 64.6. The molecule has 0 spiro atoms. The lowest BCUT2D eigenvalue weighted by atomic mass is 10.1. The summed E-state index contributed by atoms with van der Waals surface area (Å²) >= 11 is 0. The lowest BCUT2D eigenvalue weighted by Gasteiger charge is -2.34. The van der Waals surface area contributed by atoms with Crippen molar-refractivity contribution >= 4 is 0 Å². The summed E-state index contributed by atoms with van der Waals surface area (Å²) in [5.41, 5.74) is 8.57. The van der Waals surface area contributed by atoms with Crippen molar-refractivity contribution in [1.82, 2.24) is 0 Å². The van der Waals surface area contributed by atoms with Crippen molar-refractivity contribution in [3.05, 3.63) is 215 Å². The monoisotopic (exact) mass is 2010 g/mol. The molecule has 0 N–H and O–H groups in total. The first-order valence-electron chi connectivity index (χ1n) is 55.1. The van der Waals surface area contributed by atoms with Gasteiger partial charge in [-0.3, -0.25) is 4.48 Å². The van der Waals surface area contributed by atoms with Crippen LogP contribution >= 0.6 is 0 Å². The molecule has 0 saturated carbocycles. The molecule has 0 fully saturated rings. The number of hydrogen-bond acceptors (Lipinski definition) is 0. The Morgan fingerprint density at radius 2 is 0.473 bits per heavy atom. The third kappa shape index (κ3) is 92.2. The molecule has 1 unspecified atom stereocenters. The number of rotatable bonds is 43. The Balaban J connectivity index is -0.000000288. The van der Waals surface area contributed by atoms with Crippen LogP contribution in [0.25, 0.3) is 0 Å². The average molecular weight is 2020 g/mol. The second-order valence-corrected chi connectivity index (χ2v) is 46.7. The van der Waals surface area contributed by atoms with E-state index in [-0.39, 0.29) is 0 Å². The summed E-state index contributed by atoms with van der Waals surface area (Å²) in [6.45, 7) is 63.9. The first kappa shape index (κ1) is 150. The van der Waals surface area contributed by atoms with Crippen LogP contribution in [0, 0.1) is 110 Å². The van der Waals surface area contributed by atoms with Crippen LogP contribution < -0.4 is 0 Å². The highest BCUT2D eigenvalue weighted by molar-refractivity contribution is 5.19. The lowest BCUT2D eigenvalue weighted by molar-refractivity contribution is -0.922. The molecule has 146 heavy (non-hydrogen) atoms. The van der Waals surface area contributed by atoms with Crippen molar-refractivity contribution in [3.63, 3.8) is 0 Å². The third-order valence-corrected chi connectivity index (χ3v) is 25.7. The van der Waals surface area contributed by atoms with Gasteiger partial charge in [-0.25, -0.2) is 0 Å². The van der Waals surface area contributed by atoms with Crippen LogP contribution in [0.1, 0.15) is 214 Å². The second kappa shape index (κ2) is 86.6. The van der Waals surface area contributed by atoms with Crippen LogP contribution in [0.4, 0.5) is 0 Å². The topological polar surface area (TPSA) is 0 Å². The van der Waals surface area contributed by atoms with E-state index in [0.29, 0.717) is 30.2 Å². The number of quaternary nitrogens is 13. The minimum atomic E-state index is 0.561. The van der Waals surface area contributed by atoms with Crippen LogP contribution in [0.15, 0.2) is 182 Å². The molecule has 818 valence electrons. The zero-order valence-corrected chi connectivity index (χ0v) is 103. The molecular weight excluding hydrogens is 1780 g/mol. The fraction of sp³-hybridized carbons (Fsp3) is 0.594. The zero-order chi connectivity index (χ0) is 113. The average Bonchev–Trinajstić information content (AvgIpc) is 0.859. The maximum absolute atomic E-state index is 5.39. The second-order valence-electron chi connectivity index (χ2n) is 46.7. The predicted octanol–water partition coefficient (Wildman–Crippen LogP) is 24.0. The van der Waals surface area contributed by atoms with Crippen LogP contribution in [0.2, 0.25) is 0 Å². The fourth-order valence-electron chi connectivity index (χ4n) is 14.6. The van der Waals surface area contributed by atoms with E-state index in [2.05, 4.69) is 520 Å². The Morgan fingerprint density at radius 1 is 0.212 bits per heavy atom. The molecule has 6 aromatic rings. The highest BCUT2D eigenvalue weighted by atomic mass is 15.4. The molecule has 0 radical (unpaired) electrons. The van der Waals surface area contributed by atoms with Crippen molar-refractivity contribution in [2.24, 2.45) is 0 Å². The SMILES string of the molecule is C#CC[N+](C)(C)C.C#CC[N+](C)(CC#C)CC#C.C#CC[N+](C)(CC)CC.C#CC[N+](C)(CCC)CCC.C#CC[N+](C)(CCCC)CCCC.CC(c1ccccc1)[N+](C)(C)C.CCC#CC[N+](C)(C)C.CCC#CC[N+](C)(CC)CC.CCC[N+](C)(CCC)Cc1ccccc1.CC[N+](C)(C)Cc1ccccc1.CC[N+](C)(CC)Cc1ccccc1.C[N+](C)(C)CCc1ccccc1.C[N+](C)(C)Cc1ccccc1. The van der Waals surface area contributed by atoms with Gasteiger partial charge in [0.1, 0.15) is 91.1 Å². The molecule has 13 heteroatoms. The van der Waals surface area contributed by atoms with Gasteiger partial charge in [0, 0.05) is 47.1 Å². The summed E-state index contributed by atoms with van der Waals surface area (Å²) in [7, 11) is 52.7. The highest BCUT2D eigenvalue weighted by Gasteiger charge is 2.25. The van der Waals surface area contributed by atoms with E-state index in [9.17, 15) is 0 Å². The van der Waals surface area contributed by atoms with Gasteiger partial charge in [0.25, 0.3) is 0 Å². The molecule has 0 saturated heterocycles. The van der Waals surface area contributed by atoms with E-state index in [1.165, 1.54) is 181 Å². The number of unbranched alkanes of at least 4 members (excludes halogenated alkanes) is 2. The van der Waals surface area contributed by atoms with Gasteiger partial charge in [-0.2, -0.15) is 0 Å². The smallest absolute Gasteiger partial charge is 0.141 e. The first-order chi connectivity index (χ1) is 68.2. The van der Waals surface area contributed by atoms with Gasteiger partial charge in [0.05, 0.1) is 261 Å². The van der Waals surface area contributed by atoms with E-state index in [4.69, 9.17) is 45.0 Å². The molecule has 0 bridgehead atoms. The quantitative estimate of drug-likeness (QED) is 0.0264. The van der Waals surface area contributed by atoms with Gasteiger partial charge in [-0.1, -0.05) is 262 Å². The molecule has 0 aromatic heterocycles. The number of terminal acetylenes is 7. The standard InChI is InChI=1S/C14H24N.C12H20N.C12H24N.3C11H18N.C10H16N.2C10H20N.C10H12N.2C8H16N.C6H12N/c1-4-11-15(3,12-5-2)13-14-9-7-6-8-10-14;1-4-13(3,5-2)11-12-9-7-6-8-10-12;1-5-8-11-13(4,10-7-3)12-9-6-2;1-10(12(2,3)4)11-8-6-5-7-9-11;1-12(2,3)10-9-11-7-5-4-6-8-11;1-4-12(2,3)10-11-8-6-5-7-9-11;1-11(2,3)9-10-7-5-4-6-8-10;1-5-8-9-10-11(4,6-2)7-3;2*1-5-8-11(4,9-6-2)10-7-3;1-5-6-7-8-9(2,3)4;1-5-8-9(4,6-2)7-3;1-5-6-7(2,3)4/h6-10H,4-5,11-13H2,1-3H3;6-10H,4-5,11H2,1-3H3;3H,5-6,8-12H2,1-2,4H3;5-10H,1-4H3;4-8H,9-10H2,1-3H3;5-9H,4,10H2,1-3H3;4-8H,9H2,1-3H3;5-7,10H2,1-4H3;1H,6-10H2,2-4H3;1-3H,8-10H2,4H3;5,8H2,1-4H3;1H,6-8H2,2-4H3;1H,6H2,2-4H3/q13*+1. The van der Waals surface area contributed by atoms with Gasteiger partial charge in [-0.15, -0.1) is 45.0 Å². The molecule has 0 aliphatic heterocycles. The van der Waals surface area contributed by atoms with Crippen LogP contribution in [-0.4, -0.2) is 378 Å². The maximum atomic E-state index is 5.39. The molecule has 6 rings (SSSR count). The molecule has 1 atom stereocenters. The van der Waals surface area contributed by atoms with Crippen molar-refractivity contribution in [3.8, 4) is 110 Å². The largest absolute Gasteiger partial charge is 0.331 e. The van der Waals surface area contributed by atoms with E-state index >= 15 is 0 Å². The van der Waals surface area contributed by atoms with Crippen molar-refractivity contribution in [2.75, 3.05) is 320 Å².